The molecule has 2 amide bonds. The van der Waals surface area contributed by atoms with Gasteiger partial charge in [0.25, 0.3) is 0 Å². The molecule has 0 aromatic heterocycles. The number of rotatable bonds is 5. The number of benzene rings is 2. The van der Waals surface area contributed by atoms with Crippen LogP contribution in [0, 0.1) is 0 Å². The fourth-order valence-corrected chi connectivity index (χ4v) is 2.04. The van der Waals surface area contributed by atoms with Gasteiger partial charge in [0.1, 0.15) is 5.75 Å². The molecule has 24 heavy (non-hydrogen) atoms. The van der Waals surface area contributed by atoms with Gasteiger partial charge in [-0.3, -0.25) is 9.59 Å². The number of nitrogens with zero attached hydrogens (tertiary/aromatic N) is 1. The molecule has 0 aliphatic heterocycles. The molecule has 6 nitrogen and oxygen atoms in total. The first-order valence-electron chi connectivity index (χ1n) is 7.08. The molecule has 2 aromatic rings. The van der Waals surface area contributed by atoms with Crippen molar-refractivity contribution in [1.29, 1.82) is 0 Å². The summed E-state index contributed by atoms with van der Waals surface area (Å²) < 4.78 is 6.00. The highest BCUT2D eigenvalue weighted by Gasteiger charge is 2.11. The van der Waals surface area contributed by atoms with E-state index in [1.54, 1.807) is 19.2 Å². The average molecular weight is 390 g/mol. The van der Waals surface area contributed by atoms with E-state index in [2.05, 4.69) is 31.8 Å². The summed E-state index contributed by atoms with van der Waals surface area (Å²) in [6.07, 6.45) is 1.46. The van der Waals surface area contributed by atoms with Gasteiger partial charge in [-0.1, -0.05) is 40.2 Å². The van der Waals surface area contributed by atoms with Crippen LogP contribution in [0.25, 0.3) is 0 Å². The second-order valence-corrected chi connectivity index (χ2v) is 5.70. The van der Waals surface area contributed by atoms with Gasteiger partial charge >= 0.3 is 11.8 Å². The van der Waals surface area contributed by atoms with E-state index in [1.807, 2.05) is 36.4 Å². The Morgan fingerprint density at radius 1 is 1.08 bits per heavy atom. The zero-order valence-corrected chi connectivity index (χ0v) is 14.5. The zero-order valence-electron chi connectivity index (χ0n) is 13.0. The van der Waals surface area contributed by atoms with Gasteiger partial charge in [0.2, 0.25) is 0 Å². The summed E-state index contributed by atoms with van der Waals surface area (Å²) in [5.74, 6) is -0.847. The highest BCUT2D eigenvalue weighted by molar-refractivity contribution is 9.10. The summed E-state index contributed by atoms with van der Waals surface area (Å²) in [6, 6.07) is 14.5. The third-order valence-electron chi connectivity index (χ3n) is 3.07. The monoisotopic (exact) mass is 389 g/mol. The lowest BCUT2D eigenvalue weighted by Gasteiger charge is -2.05. The number of hydrazone groups is 1. The Labute approximate surface area is 148 Å². The average Bonchev–Trinajstić information content (AvgIpc) is 2.61. The van der Waals surface area contributed by atoms with Crippen LogP contribution in [0.2, 0.25) is 0 Å². The van der Waals surface area contributed by atoms with Gasteiger partial charge in [0.15, 0.2) is 0 Å². The van der Waals surface area contributed by atoms with E-state index in [9.17, 15) is 9.59 Å². The molecule has 0 fully saturated rings. The first-order valence-corrected chi connectivity index (χ1v) is 7.87. The molecule has 0 radical (unpaired) electrons. The van der Waals surface area contributed by atoms with E-state index < -0.39 is 11.8 Å². The van der Waals surface area contributed by atoms with Crippen LogP contribution in [-0.2, 0) is 16.1 Å². The Kier molecular flexibility index (Phi) is 6.51. The largest absolute Gasteiger partial charge is 0.497 e. The fourth-order valence-electron chi connectivity index (χ4n) is 1.77. The van der Waals surface area contributed by atoms with Crippen molar-refractivity contribution in [3.8, 4) is 5.75 Å². The maximum absolute atomic E-state index is 11.7. The molecule has 0 bridgehead atoms. The van der Waals surface area contributed by atoms with Crippen molar-refractivity contribution < 1.29 is 14.3 Å². The standard InChI is InChI=1S/C17H16BrN3O3/c1-24-15-8-4-12(5-9-15)10-19-16(22)17(23)21-20-11-13-2-6-14(18)7-3-13/h2-9,11H,10H2,1H3,(H,19,22)(H,21,23)/b20-11-. The van der Waals surface area contributed by atoms with E-state index in [-0.39, 0.29) is 6.54 Å². The van der Waals surface area contributed by atoms with Crippen molar-refractivity contribution in [2.45, 2.75) is 6.54 Å². The van der Waals surface area contributed by atoms with Crippen molar-refractivity contribution in [2.24, 2.45) is 5.10 Å². The van der Waals surface area contributed by atoms with E-state index in [4.69, 9.17) is 4.74 Å². The Morgan fingerprint density at radius 3 is 2.38 bits per heavy atom. The van der Waals surface area contributed by atoms with E-state index >= 15 is 0 Å². The van der Waals surface area contributed by atoms with Crippen LogP contribution >= 0.6 is 15.9 Å². The molecule has 0 saturated heterocycles. The number of ether oxygens (including phenoxy) is 1. The van der Waals surface area contributed by atoms with E-state index in [0.717, 1.165) is 21.3 Å². The number of methoxy groups -OCH3 is 1. The second kappa shape index (κ2) is 8.83. The predicted molar refractivity (Wildman–Crippen MR) is 94.7 cm³/mol. The quantitative estimate of drug-likeness (QED) is 0.467. The summed E-state index contributed by atoms with van der Waals surface area (Å²) in [5, 5.41) is 6.27. The third kappa shape index (κ3) is 5.51. The van der Waals surface area contributed by atoms with Crippen molar-refractivity contribution in [2.75, 3.05) is 7.11 Å². The van der Waals surface area contributed by atoms with Gasteiger partial charge in [-0.25, -0.2) is 5.43 Å². The molecule has 7 heteroatoms. The first kappa shape index (κ1) is 17.7. The molecule has 2 aromatic carbocycles. The lowest BCUT2D eigenvalue weighted by Crippen LogP contribution is -2.37. The lowest BCUT2D eigenvalue weighted by atomic mass is 10.2. The summed E-state index contributed by atoms with van der Waals surface area (Å²) in [4.78, 5) is 23.3. The third-order valence-corrected chi connectivity index (χ3v) is 3.60. The van der Waals surface area contributed by atoms with Gasteiger partial charge in [0.05, 0.1) is 13.3 Å². The molecule has 2 N–H and O–H groups in total. The summed E-state index contributed by atoms with van der Waals surface area (Å²) >= 11 is 3.33. The first-order chi connectivity index (χ1) is 11.6. The molecule has 2 rings (SSSR count). The normalized spacial score (nSPS) is 10.4. The Morgan fingerprint density at radius 2 is 1.75 bits per heavy atom. The van der Waals surface area contributed by atoms with Gasteiger partial charge in [-0.05, 0) is 35.4 Å². The van der Waals surface area contributed by atoms with Crippen LogP contribution in [0.4, 0.5) is 0 Å². The van der Waals surface area contributed by atoms with Gasteiger partial charge < -0.3 is 10.1 Å². The van der Waals surface area contributed by atoms with E-state index in [0.29, 0.717) is 0 Å². The van der Waals surface area contributed by atoms with Crippen LogP contribution in [0.5, 0.6) is 5.75 Å². The Bertz CT molecular complexity index is 728. The molecule has 0 heterocycles. The lowest BCUT2D eigenvalue weighted by molar-refractivity contribution is -0.139. The van der Waals surface area contributed by atoms with Gasteiger partial charge in [-0.15, -0.1) is 0 Å². The number of carbonyl (C=O) groups is 2. The molecular weight excluding hydrogens is 374 g/mol. The number of nitrogens with one attached hydrogen (secondary N) is 2. The predicted octanol–water partition coefficient (Wildman–Crippen LogP) is 2.22. The van der Waals surface area contributed by atoms with Gasteiger partial charge in [0, 0.05) is 11.0 Å². The maximum atomic E-state index is 11.7. The van der Waals surface area contributed by atoms with Crippen LogP contribution in [0.3, 0.4) is 0 Å². The highest BCUT2D eigenvalue weighted by atomic mass is 79.9. The fraction of sp³-hybridized carbons (Fsp3) is 0.118. The number of hydrogen-bond donors (Lipinski definition) is 2. The van der Waals surface area contributed by atoms with Crippen LogP contribution in [-0.4, -0.2) is 25.1 Å². The topological polar surface area (TPSA) is 79.8 Å². The molecule has 124 valence electrons. The smallest absolute Gasteiger partial charge is 0.329 e. The second-order valence-electron chi connectivity index (χ2n) is 4.78. The minimum atomic E-state index is -0.822. The number of halogens is 1. The van der Waals surface area contributed by atoms with Crippen LogP contribution in [0.1, 0.15) is 11.1 Å². The van der Waals surface area contributed by atoms with Crippen molar-refractivity contribution >= 4 is 34.0 Å². The molecule has 0 unspecified atom stereocenters. The molecule has 0 saturated carbocycles. The Balaban J connectivity index is 1.79. The highest BCUT2D eigenvalue weighted by Crippen LogP contribution is 2.11. The SMILES string of the molecule is COc1ccc(CNC(=O)C(=O)N/N=C\c2ccc(Br)cc2)cc1. The number of amides is 2. The minimum Gasteiger partial charge on any atom is -0.497 e. The summed E-state index contributed by atoms with van der Waals surface area (Å²) in [6.45, 7) is 0.243. The Hall–Kier alpha value is -2.67. The van der Waals surface area contributed by atoms with Crippen LogP contribution in [0.15, 0.2) is 58.1 Å². The minimum absolute atomic E-state index is 0.243. The van der Waals surface area contributed by atoms with Crippen molar-refractivity contribution in [3.05, 3.63) is 64.1 Å². The molecule has 0 spiro atoms. The van der Waals surface area contributed by atoms with Gasteiger partial charge in [-0.2, -0.15) is 5.10 Å². The summed E-state index contributed by atoms with van der Waals surface area (Å²) in [7, 11) is 1.58. The molecule has 0 aliphatic rings. The van der Waals surface area contributed by atoms with Crippen LogP contribution < -0.4 is 15.5 Å². The summed E-state index contributed by atoms with van der Waals surface area (Å²) in [5.41, 5.74) is 3.85. The van der Waals surface area contributed by atoms with E-state index in [1.165, 1.54) is 6.21 Å². The van der Waals surface area contributed by atoms with Crippen molar-refractivity contribution in [1.82, 2.24) is 10.7 Å². The van der Waals surface area contributed by atoms with Crippen molar-refractivity contribution in [3.63, 3.8) is 0 Å². The molecule has 0 aliphatic carbocycles. The molecule has 0 atom stereocenters. The zero-order chi connectivity index (χ0) is 17.4. The number of hydrogen-bond acceptors (Lipinski definition) is 4. The molecular formula is C17H16BrN3O3. The number of carbonyl (C=O) groups excluding carboxylic acids is 2. The maximum Gasteiger partial charge on any atom is 0.329 e.